The minimum Gasteiger partial charge on any atom is -0.398 e. The van der Waals surface area contributed by atoms with Crippen LogP contribution in [0.1, 0.15) is 0 Å². The van der Waals surface area contributed by atoms with Crippen molar-refractivity contribution in [3.05, 3.63) is 12.1 Å². The van der Waals surface area contributed by atoms with Crippen molar-refractivity contribution < 1.29 is 93.2 Å². The van der Waals surface area contributed by atoms with Crippen LogP contribution >= 0.6 is 0 Å². The van der Waals surface area contributed by atoms with Gasteiger partial charge in [-0.05, 0) is 0 Å². The molecule has 30 heavy (non-hydrogen) atoms. The second-order valence-electron chi connectivity index (χ2n) is 4.51. The van der Waals surface area contributed by atoms with Gasteiger partial charge in [0.2, 0.25) is 0 Å². The van der Waals surface area contributed by atoms with Gasteiger partial charge < -0.3 is 4.74 Å². The molecule has 0 aromatic heterocycles. The third-order valence-electron chi connectivity index (χ3n) is 2.37. The molecule has 0 aromatic carbocycles. The van der Waals surface area contributed by atoms with Gasteiger partial charge in [0.05, 0.1) is 0 Å². The van der Waals surface area contributed by atoms with Crippen LogP contribution in [0.3, 0.4) is 0 Å². The van der Waals surface area contributed by atoms with Crippen molar-refractivity contribution in [1.82, 2.24) is 0 Å². The Hall–Kier alpha value is -1.80. The highest BCUT2D eigenvalue weighted by molar-refractivity contribution is 4.96. The zero-order chi connectivity index (χ0) is 24.8. The smallest absolute Gasteiger partial charge is 0.398 e. The number of hydrogen-bond acceptors (Lipinski definition) is 3. The molecule has 21 heteroatoms. The van der Waals surface area contributed by atoms with Gasteiger partial charge >= 0.3 is 54.7 Å². The first-order valence-corrected chi connectivity index (χ1v) is 5.88. The van der Waals surface area contributed by atoms with Crippen LogP contribution < -0.4 is 0 Å². The molecule has 0 aliphatic heterocycles. The third-order valence-corrected chi connectivity index (χ3v) is 2.37. The maximum atomic E-state index is 13.5. The van der Waals surface area contributed by atoms with Crippen molar-refractivity contribution in [3.8, 4) is 0 Å². The van der Waals surface area contributed by atoms with Gasteiger partial charge in [0.15, 0.2) is 0 Å². The number of rotatable bonds is 7. The van der Waals surface area contributed by atoms with Crippen LogP contribution in [-0.4, -0.2) is 42.6 Å². The Morgan fingerprint density at radius 2 is 0.800 bits per heavy atom. The van der Waals surface area contributed by atoms with E-state index in [1.807, 2.05) is 0 Å². The van der Waals surface area contributed by atoms with Gasteiger partial charge in [-0.25, -0.2) is 4.74 Å². The van der Waals surface area contributed by atoms with Crippen LogP contribution in [0.25, 0.3) is 0 Å². The molecule has 0 heterocycles. The van der Waals surface area contributed by atoms with Gasteiger partial charge in [-0.3, -0.25) is 4.74 Å². The highest BCUT2D eigenvalue weighted by atomic mass is 19.4. The van der Waals surface area contributed by atoms with Gasteiger partial charge in [0, 0.05) is 0 Å². The largest absolute Gasteiger partial charge is 0.525 e. The third kappa shape index (κ3) is 5.46. The predicted octanol–water partition coefficient (Wildman–Crippen LogP) is 6.23. The topological polar surface area (TPSA) is 27.7 Å². The van der Waals surface area contributed by atoms with E-state index in [1.165, 1.54) is 9.47 Å². The van der Waals surface area contributed by atoms with Crippen LogP contribution in [-0.2, 0) is 14.2 Å². The van der Waals surface area contributed by atoms with E-state index in [0.717, 1.165) is 0 Å². The Labute approximate surface area is 149 Å². The number of hydrogen-bond donors (Lipinski definition) is 0. The lowest BCUT2D eigenvalue weighted by molar-refractivity contribution is -0.566. The van der Waals surface area contributed by atoms with E-state index in [4.69, 9.17) is 0 Å². The van der Waals surface area contributed by atoms with Crippen molar-refractivity contribution in [2.45, 2.75) is 42.6 Å². The van der Waals surface area contributed by atoms with E-state index >= 15 is 0 Å². The SMILES string of the molecule is FC(F)=C(F)OC(F)(F)C(F)(OC(F)(F)C(F)(OC(F)(F)F)C(F)(F)F)C(F)(F)F. The predicted molar refractivity (Wildman–Crippen MR) is 49.3 cm³/mol. The normalized spacial score (nSPS) is 18.5. The summed E-state index contributed by atoms with van der Waals surface area (Å²) < 4.78 is 229. The molecular formula is C9F18O3. The van der Waals surface area contributed by atoms with Crippen LogP contribution in [0, 0.1) is 0 Å². The molecule has 0 saturated heterocycles. The fourth-order valence-electron chi connectivity index (χ4n) is 1.18. The van der Waals surface area contributed by atoms with Crippen molar-refractivity contribution in [3.63, 3.8) is 0 Å². The van der Waals surface area contributed by atoms with Gasteiger partial charge in [-0.1, -0.05) is 0 Å². The molecule has 0 bridgehead atoms. The monoisotopic (exact) mass is 498 g/mol. The molecule has 0 radical (unpaired) electrons. The zero-order valence-corrected chi connectivity index (χ0v) is 12.5. The lowest BCUT2D eigenvalue weighted by Crippen LogP contribution is -2.67. The molecule has 3 nitrogen and oxygen atoms in total. The van der Waals surface area contributed by atoms with E-state index in [0.29, 0.717) is 0 Å². The Morgan fingerprint density at radius 1 is 0.467 bits per heavy atom. The summed E-state index contributed by atoms with van der Waals surface area (Å²) in [6.07, 6.45) is -42.3. The number of halogens is 18. The average molecular weight is 498 g/mol. The van der Waals surface area contributed by atoms with E-state index in [9.17, 15) is 79.0 Å². The summed E-state index contributed by atoms with van der Waals surface area (Å²) in [5, 5.41) is 0. The lowest BCUT2D eigenvalue weighted by atomic mass is 10.2. The summed E-state index contributed by atoms with van der Waals surface area (Å²) >= 11 is 0. The summed E-state index contributed by atoms with van der Waals surface area (Å²) in [5.74, 6) is -15.7. The molecule has 0 rings (SSSR count). The maximum Gasteiger partial charge on any atom is 0.525 e. The van der Waals surface area contributed by atoms with Gasteiger partial charge in [0.25, 0.3) is 0 Å². The molecule has 0 aliphatic carbocycles. The van der Waals surface area contributed by atoms with Crippen LogP contribution in [0.5, 0.6) is 0 Å². The van der Waals surface area contributed by atoms with Gasteiger partial charge in [0.1, 0.15) is 0 Å². The second kappa shape index (κ2) is 7.71. The molecule has 180 valence electrons. The van der Waals surface area contributed by atoms with Crippen molar-refractivity contribution in [2.24, 2.45) is 0 Å². The number of alkyl halides is 15. The van der Waals surface area contributed by atoms with Crippen molar-refractivity contribution in [1.29, 1.82) is 0 Å². The maximum absolute atomic E-state index is 13.5. The van der Waals surface area contributed by atoms with Crippen LogP contribution in [0.15, 0.2) is 12.1 Å². The van der Waals surface area contributed by atoms with Crippen LogP contribution in [0.4, 0.5) is 79.0 Å². The second-order valence-corrected chi connectivity index (χ2v) is 4.51. The quantitative estimate of drug-likeness (QED) is 0.308. The highest BCUT2D eigenvalue weighted by Gasteiger charge is 2.85. The molecule has 0 saturated carbocycles. The standard InChI is InChI=1S/C9F18O3/c10-1(11)2(12)28-7(21,22)3(13,5(15,16)17)29-8(23,24)4(14,6(18,19)20)30-9(25,26)27. The minimum atomic E-state index is -7.99. The Bertz CT molecular complexity index is 641. The Kier molecular flexibility index (Phi) is 7.25. The molecule has 0 spiro atoms. The molecule has 2 atom stereocenters. The first-order chi connectivity index (χ1) is 12.7. The summed E-state index contributed by atoms with van der Waals surface area (Å²) in [6, 6.07) is -4.12. The van der Waals surface area contributed by atoms with E-state index in [2.05, 4.69) is 0 Å². The van der Waals surface area contributed by atoms with Crippen LogP contribution in [0.2, 0.25) is 0 Å². The number of ether oxygens (including phenoxy) is 3. The first kappa shape index (κ1) is 28.2. The molecule has 0 fully saturated rings. The van der Waals surface area contributed by atoms with E-state index < -0.39 is 54.7 Å². The molecule has 0 aliphatic rings. The fraction of sp³-hybridized carbons (Fsp3) is 0.778. The minimum absolute atomic E-state index is 1.26. The van der Waals surface area contributed by atoms with E-state index in [1.54, 1.807) is 4.74 Å². The lowest BCUT2D eigenvalue weighted by Gasteiger charge is -2.39. The molecular weight excluding hydrogens is 498 g/mol. The summed E-state index contributed by atoms with van der Waals surface area (Å²) in [6.45, 7) is 0. The average Bonchev–Trinajstić information content (AvgIpc) is 2.41. The highest BCUT2D eigenvalue weighted by Crippen LogP contribution is 2.56. The first-order valence-electron chi connectivity index (χ1n) is 5.88. The molecule has 2 unspecified atom stereocenters. The molecule has 0 amide bonds. The summed E-state index contributed by atoms with van der Waals surface area (Å²) in [4.78, 5) is 0. The van der Waals surface area contributed by atoms with E-state index in [-0.39, 0.29) is 0 Å². The van der Waals surface area contributed by atoms with Crippen molar-refractivity contribution >= 4 is 0 Å². The van der Waals surface area contributed by atoms with Gasteiger partial charge in [-0.2, -0.15) is 65.9 Å². The fourth-order valence-corrected chi connectivity index (χ4v) is 1.18. The molecule has 0 N–H and O–H groups in total. The summed E-state index contributed by atoms with van der Waals surface area (Å²) in [7, 11) is 0. The van der Waals surface area contributed by atoms with Gasteiger partial charge in [-0.15, -0.1) is 13.2 Å². The summed E-state index contributed by atoms with van der Waals surface area (Å²) in [5.41, 5.74) is 0. The zero-order valence-electron chi connectivity index (χ0n) is 12.5. The Morgan fingerprint density at radius 3 is 1.07 bits per heavy atom. The Balaban J connectivity index is 6.63. The molecule has 0 aromatic rings. The van der Waals surface area contributed by atoms with Crippen molar-refractivity contribution in [2.75, 3.05) is 0 Å².